The van der Waals surface area contributed by atoms with Crippen molar-refractivity contribution in [1.82, 2.24) is 9.55 Å². The van der Waals surface area contributed by atoms with E-state index in [2.05, 4.69) is 66.3 Å². The number of unbranched alkanes of at least 4 members (excludes halogenated alkanes) is 25. The molecule has 1 aromatic heterocycles. The predicted octanol–water partition coefficient (Wildman–Crippen LogP) is 14.6. The Kier molecular flexibility index (Phi) is 26.2. The Balaban J connectivity index is 1.65. The van der Waals surface area contributed by atoms with Crippen molar-refractivity contribution < 1.29 is 0 Å². The SMILES string of the molecule is CCCCCCCCCCCCCCCCCCC(Cc1ccccc1)C(CCCCCCCCCCCCC)n1ccnc1. The number of nitrogens with zero attached hydrogens (tertiary/aromatic N) is 2. The van der Waals surface area contributed by atoms with Crippen molar-refractivity contribution >= 4 is 0 Å². The van der Waals surface area contributed by atoms with Gasteiger partial charge in [0.25, 0.3) is 0 Å². The van der Waals surface area contributed by atoms with E-state index in [0.717, 1.165) is 0 Å². The third-order valence-electron chi connectivity index (χ3n) is 10.3. The van der Waals surface area contributed by atoms with E-state index in [9.17, 15) is 0 Å². The molecule has 2 heteroatoms. The van der Waals surface area contributed by atoms with Crippen LogP contribution >= 0.6 is 0 Å². The number of hydrogen-bond acceptors (Lipinski definition) is 1. The lowest BCUT2D eigenvalue weighted by molar-refractivity contribution is 0.275. The molecule has 2 nitrogen and oxygen atoms in total. The highest BCUT2D eigenvalue weighted by molar-refractivity contribution is 5.15. The molecular weight excluding hydrogens is 544 g/mol. The third kappa shape index (κ3) is 21.8. The Morgan fingerprint density at radius 1 is 0.489 bits per heavy atom. The van der Waals surface area contributed by atoms with Gasteiger partial charge in [-0.05, 0) is 30.7 Å². The van der Waals surface area contributed by atoms with Crippen molar-refractivity contribution in [3.63, 3.8) is 0 Å². The molecule has 2 aromatic rings. The summed E-state index contributed by atoms with van der Waals surface area (Å²) >= 11 is 0. The zero-order valence-corrected chi connectivity index (χ0v) is 30.4. The van der Waals surface area contributed by atoms with E-state index in [0.29, 0.717) is 12.0 Å². The van der Waals surface area contributed by atoms with Crippen LogP contribution in [0.15, 0.2) is 49.1 Å². The fraction of sp³-hybridized carbons (Fsp3) is 0.791. The third-order valence-corrected chi connectivity index (χ3v) is 10.3. The molecule has 45 heavy (non-hydrogen) atoms. The maximum absolute atomic E-state index is 4.48. The number of rotatable bonds is 33. The normalized spacial score (nSPS) is 12.9. The van der Waals surface area contributed by atoms with E-state index in [1.807, 2.05) is 6.20 Å². The molecule has 1 aromatic carbocycles. The van der Waals surface area contributed by atoms with Crippen LogP contribution in [-0.2, 0) is 6.42 Å². The molecule has 0 radical (unpaired) electrons. The average molecular weight is 621 g/mol. The number of imidazole rings is 1. The summed E-state index contributed by atoms with van der Waals surface area (Å²) in [5, 5.41) is 0. The first kappa shape index (κ1) is 39.6. The molecule has 0 amide bonds. The summed E-state index contributed by atoms with van der Waals surface area (Å²) in [6.45, 7) is 4.62. The molecule has 0 bridgehead atoms. The van der Waals surface area contributed by atoms with Gasteiger partial charge in [0.2, 0.25) is 0 Å². The zero-order chi connectivity index (χ0) is 31.9. The van der Waals surface area contributed by atoms with Gasteiger partial charge in [0.1, 0.15) is 0 Å². The van der Waals surface area contributed by atoms with E-state index in [4.69, 9.17) is 0 Å². The van der Waals surface area contributed by atoms with Gasteiger partial charge in [-0.2, -0.15) is 0 Å². The minimum absolute atomic E-state index is 0.572. The van der Waals surface area contributed by atoms with Crippen LogP contribution in [0.5, 0.6) is 0 Å². The first-order valence-corrected chi connectivity index (χ1v) is 20.4. The summed E-state index contributed by atoms with van der Waals surface area (Å²) in [6.07, 6.45) is 48.7. The lowest BCUT2D eigenvalue weighted by atomic mass is 9.84. The largest absolute Gasteiger partial charge is 0.334 e. The molecule has 0 aliphatic carbocycles. The van der Waals surface area contributed by atoms with Crippen LogP contribution in [0.2, 0.25) is 0 Å². The molecule has 0 fully saturated rings. The molecule has 0 saturated heterocycles. The second-order valence-electron chi connectivity index (χ2n) is 14.4. The maximum atomic E-state index is 4.48. The first-order chi connectivity index (χ1) is 22.3. The summed E-state index contributed by atoms with van der Waals surface area (Å²) < 4.78 is 2.45. The Morgan fingerprint density at radius 2 is 0.889 bits per heavy atom. The van der Waals surface area contributed by atoms with Gasteiger partial charge in [-0.15, -0.1) is 0 Å². The zero-order valence-electron chi connectivity index (χ0n) is 30.4. The van der Waals surface area contributed by atoms with Gasteiger partial charge >= 0.3 is 0 Å². The van der Waals surface area contributed by atoms with Crippen molar-refractivity contribution in [1.29, 1.82) is 0 Å². The highest BCUT2D eigenvalue weighted by Gasteiger charge is 2.23. The molecule has 0 spiro atoms. The molecule has 258 valence electrons. The number of aromatic nitrogens is 2. The van der Waals surface area contributed by atoms with Crippen molar-refractivity contribution in [3.05, 3.63) is 54.6 Å². The molecule has 2 atom stereocenters. The molecule has 0 N–H and O–H groups in total. The van der Waals surface area contributed by atoms with Crippen LogP contribution in [0.4, 0.5) is 0 Å². The van der Waals surface area contributed by atoms with Gasteiger partial charge in [-0.1, -0.05) is 218 Å². The average Bonchev–Trinajstić information content (AvgIpc) is 3.60. The second kappa shape index (κ2) is 29.8. The fourth-order valence-electron chi connectivity index (χ4n) is 7.41. The van der Waals surface area contributed by atoms with Crippen molar-refractivity contribution in [2.75, 3.05) is 0 Å². The molecule has 0 aliphatic heterocycles. The Morgan fingerprint density at radius 3 is 1.29 bits per heavy atom. The highest BCUT2D eigenvalue weighted by atomic mass is 15.1. The summed E-state index contributed by atoms with van der Waals surface area (Å²) in [7, 11) is 0. The van der Waals surface area contributed by atoms with E-state index in [-0.39, 0.29) is 0 Å². The Hall–Kier alpha value is -1.57. The van der Waals surface area contributed by atoms with Gasteiger partial charge in [0.05, 0.1) is 6.33 Å². The minimum Gasteiger partial charge on any atom is -0.334 e. The quantitative estimate of drug-likeness (QED) is 0.0726. The van der Waals surface area contributed by atoms with Crippen LogP contribution in [0, 0.1) is 5.92 Å². The minimum atomic E-state index is 0.572. The van der Waals surface area contributed by atoms with Crippen molar-refractivity contribution in [2.24, 2.45) is 5.92 Å². The van der Waals surface area contributed by atoms with Crippen LogP contribution < -0.4 is 0 Å². The highest BCUT2D eigenvalue weighted by Crippen LogP contribution is 2.32. The van der Waals surface area contributed by atoms with Gasteiger partial charge in [-0.3, -0.25) is 0 Å². The van der Waals surface area contributed by atoms with Crippen LogP contribution in [0.3, 0.4) is 0 Å². The van der Waals surface area contributed by atoms with E-state index in [1.165, 1.54) is 198 Å². The monoisotopic (exact) mass is 621 g/mol. The summed E-state index contributed by atoms with van der Waals surface area (Å²) in [5.41, 5.74) is 1.50. The van der Waals surface area contributed by atoms with Gasteiger partial charge < -0.3 is 4.57 Å². The summed E-state index contributed by atoms with van der Waals surface area (Å²) in [4.78, 5) is 4.48. The molecule has 0 aliphatic rings. The van der Waals surface area contributed by atoms with Crippen LogP contribution in [0.25, 0.3) is 0 Å². The lowest BCUT2D eigenvalue weighted by Gasteiger charge is -2.29. The smallest absolute Gasteiger partial charge is 0.0948 e. The van der Waals surface area contributed by atoms with Crippen LogP contribution in [-0.4, -0.2) is 9.55 Å². The Bertz CT molecular complexity index is 829. The topological polar surface area (TPSA) is 17.8 Å². The first-order valence-electron chi connectivity index (χ1n) is 20.4. The van der Waals surface area contributed by atoms with Crippen LogP contribution in [0.1, 0.15) is 212 Å². The molecular formula is C43H76N2. The Labute approximate surface area is 282 Å². The number of benzene rings is 1. The summed E-state index contributed by atoms with van der Waals surface area (Å²) in [6, 6.07) is 11.9. The van der Waals surface area contributed by atoms with Gasteiger partial charge in [-0.25, -0.2) is 4.98 Å². The molecule has 0 saturated carbocycles. The van der Waals surface area contributed by atoms with Crippen molar-refractivity contribution in [3.8, 4) is 0 Å². The van der Waals surface area contributed by atoms with Gasteiger partial charge in [0, 0.05) is 18.4 Å². The fourth-order valence-corrected chi connectivity index (χ4v) is 7.41. The second-order valence-corrected chi connectivity index (χ2v) is 14.4. The predicted molar refractivity (Wildman–Crippen MR) is 200 cm³/mol. The van der Waals surface area contributed by atoms with Crippen molar-refractivity contribution in [2.45, 2.75) is 213 Å². The standard InChI is InChI=1S/C43H76N2/c1-3-5-7-9-11-13-15-16-17-18-19-21-22-24-26-31-35-42(39-41-33-29-28-30-34-41)43(45-38-37-44-40-45)36-32-27-25-23-20-14-12-10-8-6-4-2/h28-30,33-34,37-38,40,42-43H,3-27,31-32,35-36,39H2,1-2H3. The summed E-state index contributed by atoms with van der Waals surface area (Å²) in [5.74, 6) is 0.691. The maximum Gasteiger partial charge on any atom is 0.0948 e. The number of hydrogen-bond donors (Lipinski definition) is 0. The molecule has 2 unspecified atom stereocenters. The molecule has 2 rings (SSSR count). The van der Waals surface area contributed by atoms with E-state index >= 15 is 0 Å². The lowest BCUT2D eigenvalue weighted by Crippen LogP contribution is -2.21. The van der Waals surface area contributed by atoms with E-state index in [1.54, 1.807) is 0 Å². The molecule has 1 heterocycles. The van der Waals surface area contributed by atoms with E-state index < -0.39 is 0 Å². The van der Waals surface area contributed by atoms with Gasteiger partial charge in [0.15, 0.2) is 0 Å².